The highest BCUT2D eigenvalue weighted by Gasteiger charge is 2.37. The molecule has 1 aliphatic heterocycles. The van der Waals surface area contributed by atoms with E-state index in [9.17, 15) is 37.1 Å². The first-order chi connectivity index (χ1) is 24.9. The van der Waals surface area contributed by atoms with Crippen molar-refractivity contribution in [3.8, 4) is 23.0 Å². The van der Waals surface area contributed by atoms with E-state index in [1.165, 1.54) is 20.8 Å². The molecule has 8 nitrogen and oxygen atoms in total. The van der Waals surface area contributed by atoms with Gasteiger partial charge in [0.15, 0.2) is 0 Å². The van der Waals surface area contributed by atoms with Crippen molar-refractivity contribution in [3.63, 3.8) is 0 Å². The Balaban J connectivity index is 1.83. The fourth-order valence-electron chi connectivity index (χ4n) is 6.80. The van der Waals surface area contributed by atoms with Crippen molar-refractivity contribution in [3.05, 3.63) is 91.6 Å². The molecule has 2 N–H and O–H groups in total. The number of aryl methyl sites for hydroxylation is 2. The predicted molar refractivity (Wildman–Crippen MR) is 187 cm³/mol. The largest absolute Gasteiger partial charge is 0.481 e. The van der Waals surface area contributed by atoms with Crippen LogP contribution in [-0.2, 0) is 26.9 Å². The van der Waals surface area contributed by atoms with Crippen LogP contribution in [0.3, 0.4) is 0 Å². The van der Waals surface area contributed by atoms with Crippen LogP contribution in [-0.4, -0.2) is 59.3 Å². The number of aliphatic carboxylic acids is 1. The molecule has 1 aromatic heterocycles. The van der Waals surface area contributed by atoms with Crippen LogP contribution in [0.25, 0.3) is 11.1 Å². The average molecular weight is 748 g/mol. The molecule has 2 atom stereocenters. The van der Waals surface area contributed by atoms with Crippen LogP contribution >= 0.6 is 0 Å². The van der Waals surface area contributed by atoms with Crippen molar-refractivity contribution in [1.82, 2.24) is 14.8 Å². The Morgan fingerprint density at radius 2 is 1.70 bits per heavy atom. The lowest BCUT2D eigenvalue weighted by atomic mass is 9.88. The second-order valence-corrected chi connectivity index (χ2v) is 13.6. The van der Waals surface area contributed by atoms with E-state index >= 15 is 8.78 Å². The van der Waals surface area contributed by atoms with Crippen molar-refractivity contribution in [2.75, 3.05) is 32.8 Å². The Morgan fingerprint density at radius 1 is 1.02 bits per heavy atom. The van der Waals surface area contributed by atoms with E-state index < -0.39 is 70.7 Å². The number of nitrogens with one attached hydrogen (secondary N) is 1. The molecule has 1 aliphatic rings. The highest BCUT2D eigenvalue weighted by Crippen LogP contribution is 2.38. The summed E-state index contributed by atoms with van der Waals surface area (Å²) in [4.78, 5) is 41.5. The van der Waals surface area contributed by atoms with Gasteiger partial charge in [-0.25, -0.2) is 13.2 Å². The molecule has 0 unspecified atom stereocenters. The summed E-state index contributed by atoms with van der Waals surface area (Å²) >= 11 is 0. The number of amides is 1. The summed E-state index contributed by atoms with van der Waals surface area (Å²) in [5, 5.41) is 12.2. The fraction of sp³-hybridized carbons (Fsp3) is 0.462. The monoisotopic (exact) mass is 747 g/mol. The van der Waals surface area contributed by atoms with Crippen LogP contribution in [0, 0.1) is 49.1 Å². The summed E-state index contributed by atoms with van der Waals surface area (Å²) in [6.07, 6.45) is -4.38. The zero-order valence-corrected chi connectivity index (χ0v) is 30.2. The Labute approximate surface area is 304 Å². The number of hydrogen-bond acceptors (Lipinski definition) is 5. The SMILES string of the molecule is CC#Cc1cc(F)c([C@@H](CC(=O)O)NC(=O)[C@H](CC(C)C)n2cc(CCN3CCCOCC3)c(C(F)(F)F)cc2=O)c(F)c1-c1c(C)cc(F)cc1C. The second kappa shape index (κ2) is 17.5. The van der Waals surface area contributed by atoms with E-state index in [4.69, 9.17) is 4.74 Å². The number of ether oxygens (including phenoxy) is 1. The number of nitrogens with zero attached hydrogens (tertiary/aromatic N) is 2. The lowest BCUT2D eigenvalue weighted by Crippen LogP contribution is -2.41. The molecule has 4 rings (SSSR count). The molecule has 1 fully saturated rings. The zero-order chi connectivity index (χ0) is 39.2. The van der Waals surface area contributed by atoms with Gasteiger partial charge in [0.1, 0.15) is 23.5 Å². The summed E-state index contributed by atoms with van der Waals surface area (Å²) < 4.78 is 95.8. The van der Waals surface area contributed by atoms with E-state index in [0.29, 0.717) is 38.8 Å². The number of carboxylic acids is 1. The standard InChI is InChI=1S/C39H43F6N3O5/c1-6-8-25-18-29(41)36(37(42)35(25)34-23(4)16-27(40)17-24(34)5)30(20-33(50)51)46-38(52)31(15-22(2)3)48-21-26(28(19-32(48)49)39(43,44)45)9-11-47-10-7-13-53-14-12-47/h16-19,21-22,30-31H,7,9-15,20H2,1-5H3,(H,46,52)(H,50,51)/t30-,31+/m1/s1. The second-order valence-electron chi connectivity index (χ2n) is 13.6. The minimum atomic E-state index is -4.87. The van der Waals surface area contributed by atoms with Crippen molar-refractivity contribution < 1.29 is 45.8 Å². The summed E-state index contributed by atoms with van der Waals surface area (Å²) in [7, 11) is 0. The number of halogens is 6. The molecule has 1 amide bonds. The number of aromatic nitrogens is 1. The number of carbonyl (C=O) groups excluding carboxylic acids is 1. The number of benzene rings is 2. The van der Waals surface area contributed by atoms with Gasteiger partial charge in [-0.2, -0.15) is 13.2 Å². The maximum atomic E-state index is 16.8. The molecule has 0 spiro atoms. The lowest BCUT2D eigenvalue weighted by molar-refractivity contribution is -0.139. The topological polar surface area (TPSA) is 101 Å². The third-order valence-corrected chi connectivity index (χ3v) is 9.12. The lowest BCUT2D eigenvalue weighted by Gasteiger charge is -2.27. The molecular formula is C39H43F6N3O5. The highest BCUT2D eigenvalue weighted by molar-refractivity contribution is 5.83. The van der Waals surface area contributed by atoms with Gasteiger partial charge in [-0.1, -0.05) is 19.8 Å². The van der Waals surface area contributed by atoms with Gasteiger partial charge in [0.05, 0.1) is 24.6 Å². The summed E-state index contributed by atoms with van der Waals surface area (Å²) in [5.74, 6) is -0.705. The maximum absolute atomic E-state index is 16.8. The average Bonchev–Trinajstić information content (AvgIpc) is 3.32. The minimum Gasteiger partial charge on any atom is -0.481 e. The van der Waals surface area contributed by atoms with Gasteiger partial charge in [0, 0.05) is 55.2 Å². The Kier molecular flexibility index (Phi) is 13.6. The third-order valence-electron chi connectivity index (χ3n) is 9.12. The summed E-state index contributed by atoms with van der Waals surface area (Å²) in [5.41, 5.74) is -2.88. The zero-order valence-electron chi connectivity index (χ0n) is 30.2. The Morgan fingerprint density at radius 3 is 2.30 bits per heavy atom. The fourth-order valence-corrected chi connectivity index (χ4v) is 6.80. The number of hydrogen-bond donors (Lipinski definition) is 2. The number of carboxylic acid groups (broad SMARTS) is 1. The van der Waals surface area contributed by atoms with Crippen LogP contribution in [0.2, 0.25) is 0 Å². The van der Waals surface area contributed by atoms with E-state index in [1.807, 2.05) is 4.90 Å². The Bertz CT molecular complexity index is 1930. The van der Waals surface area contributed by atoms with Crippen molar-refractivity contribution in [1.29, 1.82) is 0 Å². The molecule has 0 radical (unpaired) electrons. The molecule has 53 heavy (non-hydrogen) atoms. The van der Waals surface area contributed by atoms with Gasteiger partial charge < -0.3 is 24.6 Å². The van der Waals surface area contributed by atoms with E-state index in [-0.39, 0.29) is 58.7 Å². The van der Waals surface area contributed by atoms with Crippen LogP contribution < -0.4 is 10.9 Å². The maximum Gasteiger partial charge on any atom is 0.416 e. The van der Waals surface area contributed by atoms with Crippen LogP contribution in [0.1, 0.15) is 85.5 Å². The van der Waals surface area contributed by atoms with Crippen molar-refractivity contribution >= 4 is 11.9 Å². The first-order valence-electron chi connectivity index (χ1n) is 17.3. The van der Waals surface area contributed by atoms with Crippen molar-refractivity contribution in [2.24, 2.45) is 5.92 Å². The van der Waals surface area contributed by atoms with Crippen molar-refractivity contribution in [2.45, 2.75) is 78.6 Å². The molecule has 1 saturated heterocycles. The molecule has 2 aromatic carbocycles. The number of alkyl halides is 3. The smallest absolute Gasteiger partial charge is 0.416 e. The molecule has 3 aromatic rings. The minimum absolute atomic E-state index is 0.0883. The van der Waals surface area contributed by atoms with Crippen LogP contribution in [0.4, 0.5) is 26.3 Å². The molecule has 2 heterocycles. The molecule has 0 saturated carbocycles. The van der Waals surface area contributed by atoms with Gasteiger partial charge in [0.2, 0.25) is 5.91 Å². The highest BCUT2D eigenvalue weighted by atomic mass is 19.4. The van der Waals surface area contributed by atoms with Crippen LogP contribution in [0.15, 0.2) is 35.3 Å². The number of carbonyl (C=O) groups is 2. The third kappa shape index (κ3) is 10.1. The van der Waals surface area contributed by atoms with Gasteiger partial charge >= 0.3 is 12.1 Å². The van der Waals surface area contributed by atoms with Gasteiger partial charge in [-0.05, 0) is 86.4 Å². The predicted octanol–water partition coefficient (Wildman–Crippen LogP) is 7.12. The van der Waals surface area contributed by atoms with Crippen LogP contribution in [0.5, 0.6) is 0 Å². The Hall–Kier alpha value is -4.61. The number of rotatable bonds is 12. The molecule has 286 valence electrons. The first-order valence-corrected chi connectivity index (χ1v) is 17.3. The quantitative estimate of drug-likeness (QED) is 0.151. The van der Waals surface area contributed by atoms with E-state index in [2.05, 4.69) is 17.2 Å². The summed E-state index contributed by atoms with van der Waals surface area (Å²) in [6.45, 7) is 10.2. The van der Waals surface area contributed by atoms with E-state index in [0.717, 1.165) is 29.0 Å². The molecule has 0 bridgehead atoms. The molecule has 14 heteroatoms. The van der Waals surface area contributed by atoms with Gasteiger partial charge in [-0.3, -0.25) is 14.4 Å². The molecular weight excluding hydrogens is 704 g/mol. The molecule has 0 aliphatic carbocycles. The normalized spacial score (nSPS) is 15.0. The van der Waals surface area contributed by atoms with Gasteiger partial charge in [-0.15, -0.1) is 5.92 Å². The first kappa shape index (κ1) is 41.2. The van der Waals surface area contributed by atoms with E-state index in [1.54, 1.807) is 13.8 Å². The summed E-state index contributed by atoms with van der Waals surface area (Å²) in [6, 6.07) is 0.320. The number of pyridine rings is 1. The van der Waals surface area contributed by atoms with Gasteiger partial charge in [0.25, 0.3) is 5.56 Å².